The first-order valence-electron chi connectivity index (χ1n) is 6.45. The normalized spacial score (nSPS) is 18.9. The fourth-order valence-electron chi connectivity index (χ4n) is 2.12. The van der Waals surface area contributed by atoms with Gasteiger partial charge in [-0.3, -0.25) is 0 Å². The van der Waals surface area contributed by atoms with Crippen LogP contribution in [0.4, 0.5) is 10.1 Å². The molecule has 1 aromatic carbocycles. The van der Waals surface area contributed by atoms with Gasteiger partial charge in [-0.1, -0.05) is 6.92 Å². The van der Waals surface area contributed by atoms with Gasteiger partial charge in [0, 0.05) is 25.4 Å². The molecule has 0 saturated carbocycles. The molecule has 112 valence electrons. The van der Waals surface area contributed by atoms with Gasteiger partial charge in [-0.05, 0) is 36.5 Å². The van der Waals surface area contributed by atoms with Crippen LogP contribution < -0.4 is 10.5 Å². The molecule has 1 aliphatic rings. The maximum absolute atomic E-state index is 13.7. The highest BCUT2D eigenvalue weighted by Crippen LogP contribution is 2.29. The van der Waals surface area contributed by atoms with Crippen molar-refractivity contribution < 1.29 is 17.5 Å². The number of rotatable bonds is 4. The van der Waals surface area contributed by atoms with Crippen molar-refractivity contribution in [2.75, 3.05) is 25.5 Å². The van der Waals surface area contributed by atoms with Gasteiger partial charge in [-0.2, -0.15) is 0 Å². The highest BCUT2D eigenvalue weighted by Gasteiger charge is 2.30. The summed E-state index contributed by atoms with van der Waals surface area (Å²) in [4.78, 5) is -0.373. The number of benzene rings is 1. The highest BCUT2D eigenvalue weighted by molar-refractivity contribution is 7.89. The predicted molar refractivity (Wildman–Crippen MR) is 74.2 cm³/mol. The molecule has 2 rings (SSSR count). The lowest BCUT2D eigenvalue weighted by molar-refractivity contribution is 0.0264. The Morgan fingerprint density at radius 1 is 1.40 bits per heavy atom. The van der Waals surface area contributed by atoms with Crippen molar-refractivity contribution in [3.8, 4) is 0 Å². The lowest BCUT2D eigenvalue weighted by Crippen LogP contribution is -2.39. The summed E-state index contributed by atoms with van der Waals surface area (Å²) in [6.45, 7) is 3.50. The van der Waals surface area contributed by atoms with E-state index in [1.807, 2.05) is 6.92 Å². The number of halogens is 1. The molecule has 0 aromatic heterocycles. The summed E-state index contributed by atoms with van der Waals surface area (Å²) in [5.41, 5.74) is 5.45. The third-order valence-electron chi connectivity index (χ3n) is 3.63. The minimum absolute atomic E-state index is 0.157. The van der Waals surface area contributed by atoms with Crippen LogP contribution in [0.25, 0.3) is 0 Å². The molecule has 0 unspecified atom stereocenters. The van der Waals surface area contributed by atoms with Gasteiger partial charge >= 0.3 is 0 Å². The molecule has 20 heavy (non-hydrogen) atoms. The summed E-state index contributed by atoms with van der Waals surface area (Å²) >= 11 is 0. The molecule has 0 aliphatic carbocycles. The third-order valence-corrected chi connectivity index (χ3v) is 5.07. The standard InChI is InChI=1S/C13H19FN2O3S/c1-13(4-6-19-7-5-13)9-16-20(17,18)12-3-2-10(15)8-11(12)14/h2-3,8,16H,4-7,9,15H2,1H3. The Labute approximate surface area is 118 Å². The number of nitrogens with two attached hydrogens (primary N) is 1. The van der Waals surface area contributed by atoms with Crippen molar-refractivity contribution in [1.82, 2.24) is 4.72 Å². The molecule has 0 atom stereocenters. The second kappa shape index (κ2) is 5.67. The first-order valence-corrected chi connectivity index (χ1v) is 7.93. The molecule has 1 fully saturated rings. The average Bonchev–Trinajstić information content (AvgIpc) is 2.37. The van der Waals surface area contributed by atoms with Crippen LogP contribution in [0.15, 0.2) is 23.1 Å². The average molecular weight is 302 g/mol. The Morgan fingerprint density at radius 3 is 2.65 bits per heavy atom. The van der Waals surface area contributed by atoms with E-state index in [1.165, 1.54) is 12.1 Å². The summed E-state index contributed by atoms with van der Waals surface area (Å²) in [6.07, 6.45) is 1.56. The summed E-state index contributed by atoms with van der Waals surface area (Å²) in [6, 6.07) is 3.55. The zero-order valence-corrected chi connectivity index (χ0v) is 12.2. The van der Waals surface area contributed by atoms with Crippen LogP contribution in [0.5, 0.6) is 0 Å². The number of ether oxygens (including phenoxy) is 1. The molecule has 0 amide bonds. The van der Waals surface area contributed by atoms with Crippen molar-refractivity contribution in [2.45, 2.75) is 24.7 Å². The van der Waals surface area contributed by atoms with Crippen LogP contribution in [0.2, 0.25) is 0 Å². The second-order valence-corrected chi connectivity index (χ2v) is 7.17. The molecule has 0 bridgehead atoms. The monoisotopic (exact) mass is 302 g/mol. The fraction of sp³-hybridized carbons (Fsp3) is 0.538. The van der Waals surface area contributed by atoms with Crippen LogP contribution in [0.1, 0.15) is 19.8 Å². The summed E-state index contributed by atoms with van der Waals surface area (Å²) < 4.78 is 45.7. The molecule has 0 spiro atoms. The van der Waals surface area contributed by atoms with Crippen LogP contribution in [-0.4, -0.2) is 28.2 Å². The van der Waals surface area contributed by atoms with Crippen LogP contribution in [0.3, 0.4) is 0 Å². The van der Waals surface area contributed by atoms with Crippen molar-refractivity contribution in [2.24, 2.45) is 5.41 Å². The van der Waals surface area contributed by atoms with E-state index in [0.29, 0.717) is 13.2 Å². The molecule has 5 nitrogen and oxygen atoms in total. The third kappa shape index (κ3) is 3.47. The Balaban J connectivity index is 2.11. The minimum Gasteiger partial charge on any atom is -0.399 e. The Hall–Kier alpha value is -1.18. The summed E-state index contributed by atoms with van der Waals surface area (Å²) in [5, 5.41) is 0. The minimum atomic E-state index is -3.87. The number of anilines is 1. The van der Waals surface area contributed by atoms with Crippen molar-refractivity contribution in [3.63, 3.8) is 0 Å². The van der Waals surface area contributed by atoms with Gasteiger partial charge in [0.05, 0.1) is 0 Å². The second-order valence-electron chi connectivity index (χ2n) is 5.44. The molecule has 1 saturated heterocycles. The van der Waals surface area contributed by atoms with Gasteiger partial charge in [-0.15, -0.1) is 0 Å². The van der Waals surface area contributed by atoms with E-state index >= 15 is 0 Å². The maximum Gasteiger partial charge on any atom is 0.243 e. The fourth-order valence-corrected chi connectivity index (χ4v) is 3.38. The van der Waals surface area contributed by atoms with E-state index in [-0.39, 0.29) is 22.5 Å². The molecule has 1 heterocycles. The first-order chi connectivity index (χ1) is 9.32. The van der Waals surface area contributed by atoms with E-state index in [0.717, 1.165) is 18.9 Å². The van der Waals surface area contributed by atoms with E-state index in [4.69, 9.17) is 10.5 Å². The topological polar surface area (TPSA) is 81.4 Å². The maximum atomic E-state index is 13.7. The van der Waals surface area contributed by atoms with Gasteiger partial charge in [0.25, 0.3) is 0 Å². The number of nitrogen functional groups attached to an aromatic ring is 1. The van der Waals surface area contributed by atoms with Crippen LogP contribution in [0, 0.1) is 11.2 Å². The molecule has 1 aliphatic heterocycles. The predicted octanol–water partition coefficient (Wildman–Crippen LogP) is 1.50. The van der Waals surface area contributed by atoms with Crippen LogP contribution in [-0.2, 0) is 14.8 Å². The van der Waals surface area contributed by atoms with Gasteiger partial charge in [0.1, 0.15) is 10.7 Å². The van der Waals surface area contributed by atoms with Gasteiger partial charge in [0.2, 0.25) is 10.0 Å². The van der Waals surface area contributed by atoms with E-state index in [1.54, 1.807) is 0 Å². The van der Waals surface area contributed by atoms with Crippen LogP contribution >= 0.6 is 0 Å². The summed E-state index contributed by atoms with van der Waals surface area (Å²) in [5.74, 6) is -0.838. The lowest BCUT2D eigenvalue weighted by atomic mass is 9.83. The van der Waals surface area contributed by atoms with E-state index in [2.05, 4.69) is 4.72 Å². The Kier molecular flexibility index (Phi) is 4.31. The lowest BCUT2D eigenvalue weighted by Gasteiger charge is -2.33. The first kappa shape index (κ1) is 15.2. The molecular formula is C13H19FN2O3S. The van der Waals surface area contributed by atoms with Crippen molar-refractivity contribution in [3.05, 3.63) is 24.0 Å². The zero-order chi connectivity index (χ0) is 14.8. The number of hydrogen-bond acceptors (Lipinski definition) is 4. The molecular weight excluding hydrogens is 283 g/mol. The molecule has 1 aromatic rings. The zero-order valence-electron chi connectivity index (χ0n) is 11.4. The SMILES string of the molecule is CC1(CNS(=O)(=O)c2ccc(N)cc2F)CCOCC1. The highest BCUT2D eigenvalue weighted by atomic mass is 32.2. The van der Waals surface area contributed by atoms with Crippen molar-refractivity contribution >= 4 is 15.7 Å². The largest absolute Gasteiger partial charge is 0.399 e. The molecule has 0 radical (unpaired) electrons. The number of sulfonamides is 1. The number of nitrogens with one attached hydrogen (secondary N) is 1. The summed E-state index contributed by atoms with van der Waals surface area (Å²) in [7, 11) is -3.87. The Bertz CT molecular complexity index is 583. The van der Waals surface area contributed by atoms with Gasteiger partial charge in [-0.25, -0.2) is 17.5 Å². The number of hydrogen-bond donors (Lipinski definition) is 2. The van der Waals surface area contributed by atoms with Gasteiger partial charge < -0.3 is 10.5 Å². The quantitative estimate of drug-likeness (QED) is 0.826. The Morgan fingerprint density at radius 2 is 2.05 bits per heavy atom. The van der Waals surface area contributed by atoms with E-state index in [9.17, 15) is 12.8 Å². The molecule has 3 N–H and O–H groups in total. The smallest absolute Gasteiger partial charge is 0.243 e. The van der Waals surface area contributed by atoms with Crippen molar-refractivity contribution in [1.29, 1.82) is 0 Å². The van der Waals surface area contributed by atoms with E-state index < -0.39 is 15.8 Å². The van der Waals surface area contributed by atoms with Gasteiger partial charge in [0.15, 0.2) is 0 Å². The molecule has 7 heteroatoms.